The summed E-state index contributed by atoms with van der Waals surface area (Å²) in [7, 11) is 1.68. The van der Waals surface area contributed by atoms with E-state index in [-0.39, 0.29) is 0 Å². The highest BCUT2D eigenvalue weighted by Crippen LogP contribution is 2.20. The van der Waals surface area contributed by atoms with Crippen molar-refractivity contribution >= 4 is 5.95 Å². The highest BCUT2D eigenvalue weighted by Gasteiger charge is 2.07. The summed E-state index contributed by atoms with van der Waals surface area (Å²) in [5.74, 6) is 1.74. The molecular formula is C15H21N3O. The van der Waals surface area contributed by atoms with Crippen molar-refractivity contribution in [3.05, 3.63) is 36.2 Å². The second kappa shape index (κ2) is 6.27. The van der Waals surface area contributed by atoms with Gasteiger partial charge in [0.25, 0.3) is 0 Å². The molecule has 19 heavy (non-hydrogen) atoms. The summed E-state index contributed by atoms with van der Waals surface area (Å²) in [4.78, 5) is 4.53. The fourth-order valence-corrected chi connectivity index (χ4v) is 1.96. The van der Waals surface area contributed by atoms with E-state index in [4.69, 9.17) is 4.74 Å². The molecule has 102 valence electrons. The lowest BCUT2D eigenvalue weighted by atomic mass is 10.3. The summed E-state index contributed by atoms with van der Waals surface area (Å²) in [5, 5.41) is 3.38. The standard InChI is InChI=1S/C15H21N3O/c1-4-5-9-16-15-17-12(2)11-18(15)13-7-6-8-14(10-13)19-3/h6-8,10-11H,4-5,9H2,1-3H3,(H,16,17). The van der Waals surface area contributed by atoms with E-state index in [0.29, 0.717) is 0 Å². The molecule has 0 aliphatic heterocycles. The molecule has 0 amide bonds. The predicted molar refractivity (Wildman–Crippen MR) is 78.3 cm³/mol. The Morgan fingerprint density at radius 3 is 2.95 bits per heavy atom. The van der Waals surface area contributed by atoms with Crippen LogP contribution in [0, 0.1) is 6.92 Å². The molecule has 0 spiro atoms. The predicted octanol–water partition coefficient (Wildman–Crippen LogP) is 3.40. The zero-order valence-corrected chi connectivity index (χ0v) is 11.8. The summed E-state index contributed by atoms with van der Waals surface area (Å²) >= 11 is 0. The van der Waals surface area contributed by atoms with Crippen LogP contribution in [0.1, 0.15) is 25.5 Å². The first-order chi connectivity index (χ1) is 9.24. The van der Waals surface area contributed by atoms with E-state index in [1.165, 1.54) is 6.42 Å². The molecule has 4 heteroatoms. The molecule has 0 unspecified atom stereocenters. The molecular weight excluding hydrogens is 238 g/mol. The number of benzene rings is 1. The maximum Gasteiger partial charge on any atom is 0.207 e. The Labute approximate surface area is 114 Å². The van der Waals surface area contributed by atoms with Gasteiger partial charge < -0.3 is 10.1 Å². The Bertz CT molecular complexity index is 534. The van der Waals surface area contributed by atoms with Crippen LogP contribution in [0.25, 0.3) is 5.69 Å². The van der Waals surface area contributed by atoms with Crippen LogP contribution in [0.15, 0.2) is 30.5 Å². The number of hydrogen-bond acceptors (Lipinski definition) is 3. The molecule has 0 atom stereocenters. The number of nitrogens with one attached hydrogen (secondary N) is 1. The first kappa shape index (κ1) is 13.5. The molecule has 0 aliphatic rings. The second-order valence-corrected chi connectivity index (χ2v) is 4.56. The van der Waals surface area contributed by atoms with Gasteiger partial charge in [-0.1, -0.05) is 19.4 Å². The Kier molecular flexibility index (Phi) is 4.44. The number of hydrogen-bond donors (Lipinski definition) is 1. The van der Waals surface area contributed by atoms with E-state index in [0.717, 1.165) is 36.0 Å². The number of methoxy groups -OCH3 is 1. The lowest BCUT2D eigenvalue weighted by Crippen LogP contribution is -2.07. The summed E-state index contributed by atoms with van der Waals surface area (Å²) in [5.41, 5.74) is 2.06. The Morgan fingerprint density at radius 1 is 1.37 bits per heavy atom. The van der Waals surface area contributed by atoms with Crippen LogP contribution in [-0.4, -0.2) is 23.2 Å². The monoisotopic (exact) mass is 259 g/mol. The molecule has 0 saturated heterocycles. The zero-order chi connectivity index (χ0) is 13.7. The van der Waals surface area contributed by atoms with Crippen LogP contribution in [0.3, 0.4) is 0 Å². The minimum absolute atomic E-state index is 0.850. The topological polar surface area (TPSA) is 39.1 Å². The van der Waals surface area contributed by atoms with Gasteiger partial charge in [-0.05, 0) is 25.5 Å². The number of aromatic nitrogens is 2. The smallest absolute Gasteiger partial charge is 0.207 e. The molecule has 0 fully saturated rings. The van der Waals surface area contributed by atoms with E-state index in [1.54, 1.807) is 7.11 Å². The first-order valence-electron chi connectivity index (χ1n) is 6.69. The van der Waals surface area contributed by atoms with Crippen molar-refractivity contribution in [3.8, 4) is 11.4 Å². The van der Waals surface area contributed by atoms with E-state index in [9.17, 15) is 0 Å². The molecule has 1 aromatic carbocycles. The van der Waals surface area contributed by atoms with Crippen molar-refractivity contribution in [3.63, 3.8) is 0 Å². The number of unbranched alkanes of at least 4 members (excludes halogenated alkanes) is 1. The van der Waals surface area contributed by atoms with Gasteiger partial charge in [-0.3, -0.25) is 4.57 Å². The molecule has 1 heterocycles. The van der Waals surface area contributed by atoms with Gasteiger partial charge in [0.2, 0.25) is 5.95 Å². The number of anilines is 1. The highest BCUT2D eigenvalue weighted by molar-refractivity contribution is 5.46. The number of ether oxygens (including phenoxy) is 1. The van der Waals surface area contributed by atoms with Crippen LogP contribution >= 0.6 is 0 Å². The molecule has 2 rings (SSSR count). The third kappa shape index (κ3) is 3.28. The van der Waals surface area contributed by atoms with Crippen molar-refractivity contribution in [2.75, 3.05) is 19.0 Å². The largest absolute Gasteiger partial charge is 0.497 e. The van der Waals surface area contributed by atoms with Crippen molar-refractivity contribution in [2.45, 2.75) is 26.7 Å². The van der Waals surface area contributed by atoms with Gasteiger partial charge in [0, 0.05) is 18.8 Å². The molecule has 0 bridgehead atoms. The average Bonchev–Trinajstić information content (AvgIpc) is 2.80. The fraction of sp³-hybridized carbons (Fsp3) is 0.400. The Balaban J connectivity index is 2.27. The van der Waals surface area contributed by atoms with Crippen LogP contribution in [-0.2, 0) is 0 Å². The third-order valence-corrected chi connectivity index (χ3v) is 2.97. The van der Waals surface area contributed by atoms with Gasteiger partial charge in [0.15, 0.2) is 0 Å². The van der Waals surface area contributed by atoms with E-state index in [1.807, 2.05) is 31.3 Å². The third-order valence-electron chi connectivity index (χ3n) is 2.97. The molecule has 2 aromatic rings. The van der Waals surface area contributed by atoms with Crippen molar-refractivity contribution in [1.29, 1.82) is 0 Å². The van der Waals surface area contributed by atoms with Crippen molar-refractivity contribution in [2.24, 2.45) is 0 Å². The minimum Gasteiger partial charge on any atom is -0.497 e. The van der Waals surface area contributed by atoms with E-state index >= 15 is 0 Å². The summed E-state index contributed by atoms with van der Waals surface area (Å²) < 4.78 is 7.33. The van der Waals surface area contributed by atoms with Gasteiger partial charge in [-0.15, -0.1) is 0 Å². The summed E-state index contributed by atoms with van der Waals surface area (Å²) in [6.45, 7) is 5.13. The molecule has 0 saturated carbocycles. The highest BCUT2D eigenvalue weighted by atomic mass is 16.5. The van der Waals surface area contributed by atoms with Gasteiger partial charge >= 0.3 is 0 Å². The van der Waals surface area contributed by atoms with Crippen LogP contribution < -0.4 is 10.1 Å². The van der Waals surface area contributed by atoms with Gasteiger partial charge in [-0.2, -0.15) is 0 Å². The Morgan fingerprint density at radius 2 is 2.21 bits per heavy atom. The fourth-order valence-electron chi connectivity index (χ4n) is 1.96. The van der Waals surface area contributed by atoms with E-state index in [2.05, 4.69) is 27.9 Å². The average molecular weight is 259 g/mol. The van der Waals surface area contributed by atoms with E-state index < -0.39 is 0 Å². The Hall–Kier alpha value is -1.97. The van der Waals surface area contributed by atoms with Crippen LogP contribution in [0.2, 0.25) is 0 Å². The summed E-state index contributed by atoms with van der Waals surface area (Å²) in [6, 6.07) is 7.98. The lowest BCUT2D eigenvalue weighted by molar-refractivity contribution is 0.414. The van der Waals surface area contributed by atoms with Crippen LogP contribution in [0.4, 0.5) is 5.95 Å². The van der Waals surface area contributed by atoms with Crippen LogP contribution in [0.5, 0.6) is 5.75 Å². The zero-order valence-electron chi connectivity index (χ0n) is 11.8. The SMILES string of the molecule is CCCCNc1nc(C)cn1-c1cccc(OC)c1. The maximum atomic E-state index is 5.27. The molecule has 0 aliphatic carbocycles. The summed E-state index contributed by atoms with van der Waals surface area (Å²) in [6.07, 6.45) is 4.35. The minimum atomic E-state index is 0.850. The molecule has 1 N–H and O–H groups in total. The number of nitrogens with zero attached hydrogens (tertiary/aromatic N) is 2. The number of rotatable bonds is 6. The molecule has 0 radical (unpaired) electrons. The van der Waals surface area contributed by atoms with Crippen molar-refractivity contribution in [1.82, 2.24) is 9.55 Å². The van der Waals surface area contributed by atoms with Gasteiger partial charge in [-0.25, -0.2) is 4.98 Å². The second-order valence-electron chi connectivity index (χ2n) is 4.56. The van der Waals surface area contributed by atoms with Gasteiger partial charge in [0.05, 0.1) is 18.5 Å². The van der Waals surface area contributed by atoms with Crippen molar-refractivity contribution < 1.29 is 4.74 Å². The maximum absolute atomic E-state index is 5.27. The first-order valence-corrected chi connectivity index (χ1v) is 6.69. The molecule has 1 aromatic heterocycles. The van der Waals surface area contributed by atoms with Gasteiger partial charge in [0.1, 0.15) is 5.75 Å². The normalized spacial score (nSPS) is 10.5. The number of aryl methyl sites for hydroxylation is 1. The quantitative estimate of drug-likeness (QED) is 0.808. The lowest BCUT2D eigenvalue weighted by Gasteiger charge is -2.10. The molecule has 4 nitrogen and oxygen atoms in total. The number of imidazole rings is 1.